The molecule has 0 aliphatic carbocycles. The second-order valence-electron chi connectivity index (χ2n) is 7.09. The van der Waals surface area contributed by atoms with Gasteiger partial charge >= 0.3 is 0 Å². The molecule has 1 atom stereocenters. The zero-order valence-electron chi connectivity index (χ0n) is 17.2. The van der Waals surface area contributed by atoms with Crippen molar-refractivity contribution < 1.29 is 9.90 Å². The molecule has 8 nitrogen and oxygen atoms in total. The highest BCUT2D eigenvalue weighted by Crippen LogP contribution is 2.25. The number of hydrogen-bond donors (Lipinski definition) is 4. The first kappa shape index (κ1) is 21.5. The maximum atomic E-state index is 12.9. The molecule has 0 fully saturated rings. The zero-order chi connectivity index (χ0) is 22.5. The van der Waals surface area contributed by atoms with Gasteiger partial charge in [0.25, 0.3) is 5.91 Å². The molecule has 0 spiro atoms. The molecule has 4 N–H and O–H groups in total. The lowest BCUT2D eigenvalue weighted by Gasteiger charge is -2.17. The van der Waals surface area contributed by atoms with Crippen LogP contribution in [0.1, 0.15) is 27.7 Å². The van der Waals surface area contributed by atoms with Crippen molar-refractivity contribution in [2.75, 3.05) is 11.9 Å². The van der Waals surface area contributed by atoms with Gasteiger partial charge in [0.15, 0.2) is 5.82 Å². The van der Waals surface area contributed by atoms with Gasteiger partial charge in [-0.2, -0.15) is 4.98 Å². The number of anilines is 2. The van der Waals surface area contributed by atoms with E-state index in [1.807, 2.05) is 37.3 Å². The van der Waals surface area contributed by atoms with Gasteiger partial charge in [0.05, 0.1) is 12.6 Å². The minimum atomic E-state index is -0.591. The molecule has 0 aliphatic heterocycles. The van der Waals surface area contributed by atoms with Gasteiger partial charge in [-0.05, 0) is 42.3 Å². The third kappa shape index (κ3) is 4.77. The second kappa shape index (κ2) is 9.59. The molecule has 0 radical (unpaired) electrons. The number of nitrogens with zero attached hydrogens (tertiary/aromatic N) is 3. The molecule has 4 aromatic rings. The number of nitrogens with one attached hydrogen (secondary N) is 3. The summed E-state index contributed by atoms with van der Waals surface area (Å²) in [6, 6.07) is 16.0. The van der Waals surface area contributed by atoms with Crippen molar-refractivity contribution in [1.29, 1.82) is 0 Å². The van der Waals surface area contributed by atoms with E-state index in [4.69, 9.17) is 11.6 Å². The molecule has 0 saturated heterocycles. The Kier molecular flexibility index (Phi) is 6.44. The fourth-order valence-corrected chi connectivity index (χ4v) is 3.49. The number of aromatic nitrogens is 4. The average Bonchev–Trinajstić information content (AvgIpc) is 3.19. The fraction of sp³-hybridized carbons (Fsp3) is 0.130. The zero-order valence-corrected chi connectivity index (χ0v) is 18.0. The minimum Gasteiger partial charge on any atom is -0.394 e. The molecule has 1 amide bonds. The number of halogens is 1. The van der Waals surface area contributed by atoms with Crippen molar-refractivity contribution in [1.82, 2.24) is 25.3 Å². The molecule has 4 rings (SSSR count). The van der Waals surface area contributed by atoms with Crippen molar-refractivity contribution in [2.45, 2.75) is 13.0 Å². The molecular weight excluding hydrogens is 428 g/mol. The van der Waals surface area contributed by atoms with Crippen LogP contribution in [0.25, 0.3) is 11.4 Å². The number of para-hydroxylation sites is 1. The molecule has 0 saturated carbocycles. The van der Waals surface area contributed by atoms with E-state index in [0.29, 0.717) is 39.2 Å². The third-order valence-electron chi connectivity index (χ3n) is 4.95. The Hall–Kier alpha value is -3.75. The Morgan fingerprint density at radius 1 is 1.16 bits per heavy atom. The third-order valence-corrected chi connectivity index (χ3v) is 5.18. The van der Waals surface area contributed by atoms with Gasteiger partial charge in [0.2, 0.25) is 5.95 Å². The van der Waals surface area contributed by atoms with Crippen molar-refractivity contribution >= 4 is 29.1 Å². The van der Waals surface area contributed by atoms with Crippen LogP contribution in [0.15, 0.2) is 67.1 Å². The summed E-state index contributed by atoms with van der Waals surface area (Å²) in [5, 5.41) is 16.3. The average molecular weight is 449 g/mol. The first-order valence-corrected chi connectivity index (χ1v) is 10.3. The number of hydrogen-bond acceptors (Lipinski definition) is 6. The maximum absolute atomic E-state index is 12.9. The summed E-state index contributed by atoms with van der Waals surface area (Å²) in [7, 11) is 0. The van der Waals surface area contributed by atoms with Crippen LogP contribution < -0.4 is 10.6 Å². The molecule has 2 aromatic carbocycles. The number of aliphatic hydroxyl groups excluding tert-OH is 1. The highest BCUT2D eigenvalue weighted by Gasteiger charge is 2.21. The molecule has 9 heteroatoms. The van der Waals surface area contributed by atoms with Crippen LogP contribution in [-0.2, 0) is 0 Å². The van der Waals surface area contributed by atoms with Gasteiger partial charge in [-0.15, -0.1) is 0 Å². The number of H-pyrrole nitrogens is 1. The number of carbonyl (C=O) groups excluding carboxylic acids is 1. The van der Waals surface area contributed by atoms with Crippen LogP contribution in [0.5, 0.6) is 0 Å². The number of carbonyl (C=O) groups is 1. The van der Waals surface area contributed by atoms with E-state index in [1.54, 1.807) is 30.5 Å². The second-order valence-corrected chi connectivity index (χ2v) is 7.53. The molecule has 0 aliphatic rings. The molecule has 32 heavy (non-hydrogen) atoms. The number of aromatic amines is 1. The predicted octanol–water partition coefficient (Wildman–Crippen LogP) is 4.04. The minimum absolute atomic E-state index is 0.263. The summed E-state index contributed by atoms with van der Waals surface area (Å²) in [6.07, 6.45) is 3.10. The van der Waals surface area contributed by atoms with Crippen molar-refractivity contribution in [2.24, 2.45) is 0 Å². The Labute approximate surface area is 189 Å². The molecule has 0 unspecified atom stereocenters. The summed E-state index contributed by atoms with van der Waals surface area (Å²) >= 11 is 6.04. The smallest absolute Gasteiger partial charge is 0.268 e. The number of rotatable bonds is 7. The molecular formula is C23H21ClN6O2. The van der Waals surface area contributed by atoms with Crippen LogP contribution in [0.4, 0.5) is 11.6 Å². The molecule has 2 aromatic heterocycles. The topological polar surface area (TPSA) is 116 Å². The Morgan fingerprint density at radius 2 is 1.97 bits per heavy atom. The van der Waals surface area contributed by atoms with Gasteiger partial charge in [-0.3, -0.25) is 4.79 Å². The molecule has 2 heterocycles. The molecule has 162 valence electrons. The van der Waals surface area contributed by atoms with Crippen LogP contribution in [-0.4, -0.2) is 37.6 Å². The standard InChI is InChI=1S/C23H21ClN6O2/c1-14-18(21-26-13-27-23(30-21)28-17-8-3-2-4-9-17)11-25-20(14)22(32)29-19(12-31)15-6-5-7-16(24)10-15/h2-11,13,19,25,31H,12H2,1H3,(H,29,32)(H,26,27,28,30)/t19-/m1/s1. The SMILES string of the molecule is Cc1c(-c2ncnc(Nc3ccccc3)n2)c[nH]c1C(=O)N[C@H](CO)c1cccc(Cl)c1. The molecule has 0 bridgehead atoms. The van der Waals surface area contributed by atoms with E-state index in [-0.39, 0.29) is 12.5 Å². The Morgan fingerprint density at radius 3 is 2.72 bits per heavy atom. The van der Waals surface area contributed by atoms with Crippen LogP contribution in [0, 0.1) is 6.92 Å². The van der Waals surface area contributed by atoms with Crippen molar-refractivity contribution in [3.8, 4) is 11.4 Å². The van der Waals surface area contributed by atoms with Gasteiger partial charge in [0.1, 0.15) is 12.0 Å². The fourth-order valence-electron chi connectivity index (χ4n) is 3.29. The van der Waals surface area contributed by atoms with E-state index in [0.717, 1.165) is 5.69 Å². The Bertz CT molecular complexity index is 1230. The highest BCUT2D eigenvalue weighted by molar-refractivity contribution is 6.30. The normalized spacial score (nSPS) is 11.7. The lowest BCUT2D eigenvalue weighted by molar-refractivity contribution is 0.0911. The monoisotopic (exact) mass is 448 g/mol. The van der Waals surface area contributed by atoms with Crippen LogP contribution in [0.2, 0.25) is 5.02 Å². The quantitative estimate of drug-likeness (QED) is 0.339. The summed E-state index contributed by atoms with van der Waals surface area (Å²) in [5.41, 5.74) is 3.29. The predicted molar refractivity (Wildman–Crippen MR) is 123 cm³/mol. The first-order chi connectivity index (χ1) is 15.5. The van der Waals surface area contributed by atoms with Crippen LogP contribution in [0.3, 0.4) is 0 Å². The van der Waals surface area contributed by atoms with E-state index in [9.17, 15) is 9.90 Å². The number of amides is 1. The van der Waals surface area contributed by atoms with Gasteiger partial charge in [-0.25, -0.2) is 9.97 Å². The Balaban J connectivity index is 1.54. The van der Waals surface area contributed by atoms with Crippen LogP contribution >= 0.6 is 11.6 Å². The van der Waals surface area contributed by atoms with Gasteiger partial charge < -0.3 is 20.7 Å². The van der Waals surface area contributed by atoms with Gasteiger partial charge in [-0.1, -0.05) is 41.9 Å². The summed E-state index contributed by atoms with van der Waals surface area (Å²) < 4.78 is 0. The van der Waals surface area contributed by atoms with Crippen molar-refractivity contribution in [3.63, 3.8) is 0 Å². The van der Waals surface area contributed by atoms with E-state index >= 15 is 0 Å². The largest absolute Gasteiger partial charge is 0.394 e. The van der Waals surface area contributed by atoms with Gasteiger partial charge in [0, 0.05) is 22.5 Å². The van der Waals surface area contributed by atoms with E-state index < -0.39 is 6.04 Å². The summed E-state index contributed by atoms with van der Waals surface area (Å²) in [5.74, 6) is 0.471. The lowest BCUT2D eigenvalue weighted by atomic mass is 10.1. The highest BCUT2D eigenvalue weighted by atomic mass is 35.5. The summed E-state index contributed by atoms with van der Waals surface area (Å²) in [6.45, 7) is 1.54. The number of aliphatic hydroxyl groups is 1. The summed E-state index contributed by atoms with van der Waals surface area (Å²) in [4.78, 5) is 28.8. The van der Waals surface area contributed by atoms with E-state index in [2.05, 4.69) is 30.6 Å². The number of benzene rings is 2. The lowest BCUT2D eigenvalue weighted by Crippen LogP contribution is -2.31. The maximum Gasteiger partial charge on any atom is 0.268 e. The first-order valence-electron chi connectivity index (χ1n) is 9.92. The van der Waals surface area contributed by atoms with E-state index in [1.165, 1.54) is 6.33 Å². The van der Waals surface area contributed by atoms with Crippen molar-refractivity contribution in [3.05, 3.63) is 89.0 Å².